The van der Waals surface area contributed by atoms with Gasteiger partial charge in [0.15, 0.2) is 11.5 Å². The van der Waals surface area contributed by atoms with Crippen molar-refractivity contribution in [1.29, 1.82) is 0 Å². The van der Waals surface area contributed by atoms with Crippen molar-refractivity contribution < 1.29 is 29.0 Å². The van der Waals surface area contributed by atoms with E-state index in [0.717, 1.165) is 0 Å². The first-order chi connectivity index (χ1) is 13.8. The lowest BCUT2D eigenvalue weighted by Crippen LogP contribution is -2.21. The lowest BCUT2D eigenvalue weighted by Gasteiger charge is -2.12. The quantitative estimate of drug-likeness (QED) is 0.475. The smallest absolute Gasteiger partial charge is 0.335 e. The van der Waals surface area contributed by atoms with Crippen LogP contribution in [0.25, 0.3) is 6.08 Å². The zero-order chi connectivity index (χ0) is 21.1. The summed E-state index contributed by atoms with van der Waals surface area (Å²) < 4.78 is 10.3. The van der Waals surface area contributed by atoms with Crippen molar-refractivity contribution in [2.75, 3.05) is 12.1 Å². The number of benzene rings is 2. The molecule has 1 aliphatic heterocycles. The average molecular weight is 394 g/mol. The van der Waals surface area contributed by atoms with Gasteiger partial charge >= 0.3 is 11.9 Å². The summed E-state index contributed by atoms with van der Waals surface area (Å²) in [5.41, 5.74) is 2.15. The van der Waals surface area contributed by atoms with Gasteiger partial charge in [0.25, 0.3) is 5.91 Å². The van der Waals surface area contributed by atoms with Crippen molar-refractivity contribution in [2.45, 2.75) is 13.8 Å². The Balaban J connectivity index is 1.89. The number of carbonyl (C=O) groups is 3. The summed E-state index contributed by atoms with van der Waals surface area (Å²) in [7, 11) is 1.45. The molecular weight excluding hydrogens is 376 g/mol. The number of carboxylic acid groups (broad SMARTS) is 1. The van der Waals surface area contributed by atoms with Crippen LogP contribution in [-0.4, -0.2) is 35.8 Å². The Morgan fingerprint density at radius 1 is 1.10 bits per heavy atom. The van der Waals surface area contributed by atoms with Gasteiger partial charge in [-0.25, -0.2) is 4.79 Å². The first-order valence-corrected chi connectivity index (χ1v) is 8.61. The van der Waals surface area contributed by atoms with Gasteiger partial charge in [0.1, 0.15) is 0 Å². The molecule has 2 aromatic carbocycles. The molecule has 0 fully saturated rings. The van der Waals surface area contributed by atoms with Crippen LogP contribution in [-0.2, 0) is 9.59 Å². The highest BCUT2D eigenvalue weighted by Gasteiger charge is 2.28. The van der Waals surface area contributed by atoms with Crippen LogP contribution >= 0.6 is 0 Å². The maximum Gasteiger partial charge on any atom is 0.335 e. The van der Waals surface area contributed by atoms with Crippen molar-refractivity contribution in [3.05, 3.63) is 59.2 Å². The Morgan fingerprint density at radius 2 is 1.79 bits per heavy atom. The van der Waals surface area contributed by atoms with Gasteiger partial charge in [-0.05, 0) is 55.0 Å². The molecule has 0 atom stereocenters. The van der Waals surface area contributed by atoms with E-state index in [0.29, 0.717) is 28.3 Å². The molecule has 2 aromatic rings. The summed E-state index contributed by atoms with van der Waals surface area (Å²) in [5, 5.41) is 14.5. The topological polar surface area (TPSA) is 106 Å². The van der Waals surface area contributed by atoms with E-state index in [9.17, 15) is 14.4 Å². The zero-order valence-electron chi connectivity index (χ0n) is 16.0. The van der Waals surface area contributed by atoms with E-state index in [1.807, 2.05) is 0 Å². The molecule has 1 amide bonds. The highest BCUT2D eigenvalue weighted by atomic mass is 16.6. The minimum atomic E-state index is -1.05. The van der Waals surface area contributed by atoms with Crippen LogP contribution in [0, 0.1) is 0 Å². The SMILES string of the molecule is COc1cc(C=C2C(=O)N(c3ccc(C(=O)O)cc3)N=C2C)ccc1OC(C)=O. The minimum Gasteiger partial charge on any atom is -0.493 e. The molecule has 1 aliphatic rings. The van der Waals surface area contributed by atoms with Gasteiger partial charge in [-0.15, -0.1) is 0 Å². The molecule has 8 nitrogen and oxygen atoms in total. The van der Waals surface area contributed by atoms with Crippen molar-refractivity contribution >= 4 is 35.3 Å². The van der Waals surface area contributed by atoms with Gasteiger partial charge in [0, 0.05) is 6.92 Å². The number of hydrogen-bond donors (Lipinski definition) is 1. The molecule has 1 N–H and O–H groups in total. The molecule has 0 spiro atoms. The fourth-order valence-electron chi connectivity index (χ4n) is 2.78. The van der Waals surface area contributed by atoms with Gasteiger partial charge in [0.05, 0.1) is 29.6 Å². The third-order valence-corrected chi connectivity index (χ3v) is 4.17. The molecule has 3 rings (SSSR count). The number of hydrogen-bond acceptors (Lipinski definition) is 6. The Kier molecular flexibility index (Phi) is 5.45. The minimum absolute atomic E-state index is 0.122. The Morgan fingerprint density at radius 3 is 2.38 bits per heavy atom. The Hall–Kier alpha value is -3.94. The number of amides is 1. The van der Waals surface area contributed by atoms with Crippen molar-refractivity contribution in [3.8, 4) is 11.5 Å². The number of esters is 1. The average Bonchev–Trinajstić information content (AvgIpc) is 2.97. The number of carboxylic acids is 1. The lowest BCUT2D eigenvalue weighted by molar-refractivity contribution is -0.132. The second kappa shape index (κ2) is 7.97. The second-order valence-corrected chi connectivity index (χ2v) is 6.22. The fourth-order valence-corrected chi connectivity index (χ4v) is 2.78. The zero-order valence-corrected chi connectivity index (χ0v) is 16.0. The van der Waals surface area contributed by atoms with Gasteiger partial charge in [-0.3, -0.25) is 9.59 Å². The van der Waals surface area contributed by atoms with Gasteiger partial charge in [-0.2, -0.15) is 10.1 Å². The maximum absolute atomic E-state index is 12.8. The maximum atomic E-state index is 12.8. The summed E-state index contributed by atoms with van der Waals surface area (Å²) >= 11 is 0. The van der Waals surface area contributed by atoms with Crippen molar-refractivity contribution in [1.82, 2.24) is 0 Å². The summed E-state index contributed by atoms with van der Waals surface area (Å²) in [5.74, 6) is -1.21. The van der Waals surface area contributed by atoms with Crippen molar-refractivity contribution in [2.24, 2.45) is 5.10 Å². The Labute approximate surface area is 166 Å². The van der Waals surface area contributed by atoms with E-state index in [2.05, 4.69) is 5.10 Å². The van der Waals surface area contributed by atoms with Gasteiger partial charge in [-0.1, -0.05) is 6.07 Å². The van der Waals surface area contributed by atoms with Gasteiger partial charge in [0.2, 0.25) is 0 Å². The van der Waals surface area contributed by atoms with Crippen LogP contribution in [0.4, 0.5) is 5.69 Å². The third kappa shape index (κ3) is 4.16. The number of hydrazone groups is 1. The molecule has 29 heavy (non-hydrogen) atoms. The monoisotopic (exact) mass is 394 g/mol. The summed E-state index contributed by atoms with van der Waals surface area (Å²) in [6.45, 7) is 3.00. The number of ether oxygens (including phenoxy) is 2. The van der Waals surface area contributed by atoms with Crippen LogP contribution in [0.3, 0.4) is 0 Å². The van der Waals surface area contributed by atoms with E-state index >= 15 is 0 Å². The van der Waals surface area contributed by atoms with Crippen LogP contribution in [0.1, 0.15) is 29.8 Å². The number of carbonyl (C=O) groups excluding carboxylic acids is 2. The van der Waals surface area contributed by atoms with E-state index in [4.69, 9.17) is 14.6 Å². The van der Waals surface area contributed by atoms with Crippen molar-refractivity contribution in [3.63, 3.8) is 0 Å². The molecule has 0 radical (unpaired) electrons. The van der Waals surface area contributed by atoms with E-state index in [1.165, 1.54) is 43.3 Å². The molecule has 0 bridgehead atoms. The van der Waals surface area contributed by atoms with E-state index in [1.54, 1.807) is 31.2 Å². The normalized spacial score (nSPS) is 14.7. The summed E-state index contributed by atoms with van der Waals surface area (Å²) in [6.07, 6.45) is 1.66. The number of aromatic carboxylic acids is 1. The van der Waals surface area contributed by atoms with E-state index < -0.39 is 11.9 Å². The lowest BCUT2D eigenvalue weighted by atomic mass is 10.1. The second-order valence-electron chi connectivity index (χ2n) is 6.22. The number of rotatable bonds is 5. The molecule has 1 heterocycles. The fraction of sp³-hybridized carbons (Fsp3) is 0.143. The highest BCUT2D eigenvalue weighted by Crippen LogP contribution is 2.30. The number of nitrogens with zero attached hydrogens (tertiary/aromatic N) is 2. The van der Waals surface area contributed by atoms with Crippen LogP contribution < -0.4 is 14.5 Å². The van der Waals surface area contributed by atoms with Crippen LogP contribution in [0.2, 0.25) is 0 Å². The molecule has 0 aromatic heterocycles. The molecule has 0 aliphatic carbocycles. The molecular formula is C21H18N2O6. The molecule has 148 valence electrons. The first kappa shape index (κ1) is 19.8. The highest BCUT2D eigenvalue weighted by molar-refractivity contribution is 6.32. The molecule has 0 saturated carbocycles. The standard InChI is InChI=1S/C21H18N2O6/c1-12-17(10-14-4-9-18(29-13(2)24)19(11-14)28-3)20(25)23(22-12)16-7-5-15(6-8-16)21(26)27/h4-11H,1-3H3,(H,26,27). The molecule has 8 heteroatoms. The summed E-state index contributed by atoms with van der Waals surface area (Å²) in [4.78, 5) is 35.0. The first-order valence-electron chi connectivity index (χ1n) is 8.61. The predicted octanol–water partition coefficient (Wildman–Crippen LogP) is 3.12. The number of anilines is 1. The van der Waals surface area contributed by atoms with Gasteiger partial charge < -0.3 is 14.6 Å². The van der Waals surface area contributed by atoms with E-state index in [-0.39, 0.29) is 17.2 Å². The van der Waals surface area contributed by atoms with Crippen LogP contribution in [0.5, 0.6) is 11.5 Å². The Bertz CT molecular complexity index is 1050. The molecule has 0 saturated heterocycles. The summed E-state index contributed by atoms with van der Waals surface area (Å²) in [6, 6.07) is 10.8. The third-order valence-electron chi connectivity index (χ3n) is 4.17. The number of methoxy groups -OCH3 is 1. The van der Waals surface area contributed by atoms with Crippen LogP contribution in [0.15, 0.2) is 53.1 Å². The predicted molar refractivity (Wildman–Crippen MR) is 106 cm³/mol. The molecule has 0 unspecified atom stereocenters. The largest absolute Gasteiger partial charge is 0.493 e.